The van der Waals surface area contributed by atoms with E-state index < -0.39 is 12.1 Å². The van der Waals surface area contributed by atoms with E-state index in [2.05, 4.69) is 31.2 Å². The van der Waals surface area contributed by atoms with E-state index in [-0.39, 0.29) is 12.4 Å². The fraction of sp³-hybridized carbons (Fsp3) is 0.760. The standard InChI is InChI=1S/C25H45NO4/c1-5-6-7-8-9-10-11-12-13-14-15-16-17-18-19-20-25(29)30-23(21-24(27)28)22-26(2,3)4/h9-10,12-13,23H,5-8,11,14-22H2,1-4H3/p+1/b10-9+,13-12+/t23-/m0/s1. The molecule has 0 fully saturated rings. The summed E-state index contributed by atoms with van der Waals surface area (Å²) in [7, 11) is 5.88. The smallest absolute Gasteiger partial charge is 0.307 e. The van der Waals surface area contributed by atoms with Crippen LogP contribution < -0.4 is 0 Å². The first-order valence-corrected chi connectivity index (χ1v) is 11.8. The van der Waals surface area contributed by atoms with E-state index in [0.29, 0.717) is 17.4 Å². The number of hydrogen-bond donors (Lipinski definition) is 1. The van der Waals surface area contributed by atoms with E-state index in [4.69, 9.17) is 9.84 Å². The molecule has 0 saturated carbocycles. The molecule has 0 aromatic carbocycles. The highest BCUT2D eigenvalue weighted by atomic mass is 16.5. The van der Waals surface area contributed by atoms with Gasteiger partial charge in [-0.3, -0.25) is 9.59 Å². The third kappa shape index (κ3) is 21.1. The molecular formula is C25H46NO4+. The van der Waals surface area contributed by atoms with Gasteiger partial charge in [-0.2, -0.15) is 0 Å². The minimum Gasteiger partial charge on any atom is -0.481 e. The maximum Gasteiger partial charge on any atom is 0.307 e. The number of carboxylic acid groups (broad SMARTS) is 1. The van der Waals surface area contributed by atoms with E-state index in [0.717, 1.165) is 32.1 Å². The van der Waals surface area contributed by atoms with Crippen molar-refractivity contribution < 1.29 is 23.9 Å². The van der Waals surface area contributed by atoms with Crippen molar-refractivity contribution in [3.8, 4) is 0 Å². The molecular weight excluding hydrogens is 378 g/mol. The van der Waals surface area contributed by atoms with Crippen molar-refractivity contribution in [2.75, 3.05) is 27.7 Å². The molecule has 5 nitrogen and oxygen atoms in total. The Hall–Kier alpha value is -1.62. The monoisotopic (exact) mass is 424 g/mol. The van der Waals surface area contributed by atoms with Gasteiger partial charge in [0.05, 0.1) is 27.6 Å². The van der Waals surface area contributed by atoms with Gasteiger partial charge in [-0.05, 0) is 38.5 Å². The average Bonchev–Trinajstić information content (AvgIpc) is 2.63. The molecule has 1 N–H and O–H groups in total. The number of aliphatic carboxylic acids is 1. The van der Waals surface area contributed by atoms with Crippen LogP contribution in [0.3, 0.4) is 0 Å². The third-order valence-electron chi connectivity index (χ3n) is 4.78. The molecule has 0 aliphatic heterocycles. The summed E-state index contributed by atoms with van der Waals surface area (Å²) in [6.45, 7) is 2.73. The number of hydrogen-bond acceptors (Lipinski definition) is 3. The fourth-order valence-corrected chi connectivity index (χ4v) is 3.27. The Labute approximate surface area is 184 Å². The molecule has 0 unspecified atom stereocenters. The van der Waals surface area contributed by atoms with Gasteiger partial charge in [0.2, 0.25) is 0 Å². The zero-order chi connectivity index (χ0) is 22.7. The summed E-state index contributed by atoms with van der Waals surface area (Å²) in [5, 5.41) is 9.00. The molecule has 0 rings (SSSR count). The first-order chi connectivity index (χ1) is 14.2. The van der Waals surface area contributed by atoms with E-state index in [1.165, 1.54) is 38.5 Å². The predicted molar refractivity (Wildman–Crippen MR) is 124 cm³/mol. The van der Waals surface area contributed by atoms with Crippen LogP contribution in [0.4, 0.5) is 0 Å². The molecule has 0 saturated heterocycles. The van der Waals surface area contributed by atoms with E-state index in [1.54, 1.807) is 0 Å². The minimum atomic E-state index is -0.932. The second-order valence-electron chi connectivity index (χ2n) is 9.16. The number of esters is 1. The number of quaternary nitrogens is 1. The van der Waals surface area contributed by atoms with Crippen molar-refractivity contribution >= 4 is 11.9 Å². The highest BCUT2D eigenvalue weighted by Crippen LogP contribution is 2.11. The molecule has 0 heterocycles. The molecule has 1 atom stereocenters. The van der Waals surface area contributed by atoms with Gasteiger partial charge in [-0.25, -0.2) is 0 Å². The van der Waals surface area contributed by atoms with Crippen molar-refractivity contribution in [1.29, 1.82) is 0 Å². The maximum absolute atomic E-state index is 12.0. The lowest BCUT2D eigenvalue weighted by Gasteiger charge is -2.28. The normalized spacial score (nSPS) is 13.2. The SMILES string of the molecule is CCCCC/C=C/C/C=C/CCCCCCCC(=O)O[C@@H](CC(=O)O)C[N+](C)(C)C. The molecule has 30 heavy (non-hydrogen) atoms. The number of unbranched alkanes of at least 4 members (excludes halogenated alkanes) is 8. The Morgan fingerprint density at radius 1 is 0.867 bits per heavy atom. The molecule has 0 amide bonds. The summed E-state index contributed by atoms with van der Waals surface area (Å²) >= 11 is 0. The number of allylic oxidation sites excluding steroid dienone is 4. The minimum absolute atomic E-state index is 0.135. The Morgan fingerprint density at radius 3 is 2.00 bits per heavy atom. The Bertz CT molecular complexity index is 506. The highest BCUT2D eigenvalue weighted by Gasteiger charge is 2.24. The zero-order valence-corrected chi connectivity index (χ0v) is 19.9. The van der Waals surface area contributed by atoms with Gasteiger partial charge >= 0.3 is 11.9 Å². The Balaban J connectivity index is 3.71. The Kier molecular flexibility index (Phi) is 17.2. The highest BCUT2D eigenvalue weighted by molar-refractivity contribution is 5.71. The second kappa shape index (κ2) is 18.2. The van der Waals surface area contributed by atoms with Gasteiger partial charge in [0.25, 0.3) is 0 Å². The van der Waals surface area contributed by atoms with E-state index in [9.17, 15) is 9.59 Å². The lowest BCUT2D eigenvalue weighted by atomic mass is 10.1. The number of carboxylic acids is 1. The quantitative estimate of drug-likeness (QED) is 0.121. The summed E-state index contributed by atoms with van der Waals surface area (Å²) in [6, 6.07) is 0. The lowest BCUT2D eigenvalue weighted by molar-refractivity contribution is -0.873. The Morgan fingerprint density at radius 2 is 1.43 bits per heavy atom. The van der Waals surface area contributed by atoms with Crippen molar-refractivity contribution in [1.82, 2.24) is 0 Å². The van der Waals surface area contributed by atoms with Crippen molar-refractivity contribution in [2.24, 2.45) is 0 Å². The maximum atomic E-state index is 12.0. The molecule has 0 bridgehead atoms. The largest absolute Gasteiger partial charge is 0.481 e. The molecule has 0 aliphatic rings. The van der Waals surface area contributed by atoms with Crippen molar-refractivity contribution in [2.45, 2.75) is 96.5 Å². The lowest BCUT2D eigenvalue weighted by Crippen LogP contribution is -2.43. The number of carbonyl (C=O) groups is 2. The van der Waals surface area contributed by atoms with Gasteiger partial charge < -0.3 is 14.3 Å². The van der Waals surface area contributed by atoms with Crippen LogP contribution in [-0.2, 0) is 14.3 Å². The van der Waals surface area contributed by atoms with Crippen LogP contribution in [0.1, 0.15) is 90.4 Å². The van der Waals surface area contributed by atoms with Gasteiger partial charge in [-0.1, -0.05) is 63.3 Å². The van der Waals surface area contributed by atoms with Crippen LogP contribution in [0.2, 0.25) is 0 Å². The topological polar surface area (TPSA) is 63.6 Å². The van der Waals surface area contributed by atoms with E-state index >= 15 is 0 Å². The zero-order valence-electron chi connectivity index (χ0n) is 19.9. The summed E-state index contributed by atoms with van der Waals surface area (Å²) in [5.74, 6) is -1.21. The third-order valence-corrected chi connectivity index (χ3v) is 4.78. The molecule has 0 aromatic heterocycles. The first-order valence-electron chi connectivity index (χ1n) is 11.8. The van der Waals surface area contributed by atoms with Crippen LogP contribution in [0.15, 0.2) is 24.3 Å². The van der Waals surface area contributed by atoms with Gasteiger partial charge in [-0.15, -0.1) is 0 Å². The summed E-state index contributed by atoms with van der Waals surface area (Å²) < 4.78 is 5.97. The van der Waals surface area contributed by atoms with Crippen LogP contribution in [0.5, 0.6) is 0 Å². The fourth-order valence-electron chi connectivity index (χ4n) is 3.27. The molecule has 0 aliphatic carbocycles. The second-order valence-corrected chi connectivity index (χ2v) is 9.16. The molecule has 0 aromatic rings. The number of rotatable bonds is 19. The molecule has 174 valence electrons. The first kappa shape index (κ1) is 28.4. The van der Waals surface area contributed by atoms with Gasteiger partial charge in [0.1, 0.15) is 6.54 Å². The van der Waals surface area contributed by atoms with Crippen LogP contribution in [-0.4, -0.2) is 55.3 Å². The summed E-state index contributed by atoms with van der Waals surface area (Å²) in [4.78, 5) is 23.0. The van der Waals surface area contributed by atoms with Crippen molar-refractivity contribution in [3.05, 3.63) is 24.3 Å². The summed E-state index contributed by atoms with van der Waals surface area (Å²) in [5.41, 5.74) is 0. The van der Waals surface area contributed by atoms with Gasteiger partial charge in [0, 0.05) is 6.42 Å². The van der Waals surface area contributed by atoms with Gasteiger partial charge in [0.15, 0.2) is 6.10 Å². The van der Waals surface area contributed by atoms with Crippen LogP contribution in [0, 0.1) is 0 Å². The number of nitrogens with zero attached hydrogens (tertiary/aromatic N) is 1. The molecule has 0 radical (unpaired) electrons. The predicted octanol–water partition coefficient (Wildman–Crippen LogP) is 5.89. The van der Waals surface area contributed by atoms with E-state index in [1.807, 2.05) is 21.1 Å². The van der Waals surface area contributed by atoms with Crippen LogP contribution >= 0.6 is 0 Å². The molecule has 0 spiro atoms. The number of ether oxygens (including phenoxy) is 1. The number of likely N-dealkylation sites (N-methyl/N-ethyl adjacent to an activating group) is 1. The molecule has 5 heteroatoms. The summed E-state index contributed by atoms with van der Waals surface area (Å²) in [6.07, 6.45) is 21.3. The number of carbonyl (C=O) groups excluding carboxylic acids is 1. The average molecular weight is 425 g/mol. The van der Waals surface area contributed by atoms with Crippen LogP contribution in [0.25, 0.3) is 0 Å². The van der Waals surface area contributed by atoms with Crippen molar-refractivity contribution in [3.63, 3.8) is 0 Å².